The number of carbonyl (C=O) groups excluding carboxylic acids is 1. The lowest BCUT2D eigenvalue weighted by Gasteiger charge is -2.52. The van der Waals surface area contributed by atoms with E-state index in [-0.39, 0.29) is 23.2 Å². The highest BCUT2D eigenvalue weighted by molar-refractivity contribution is 6.03. The molecular formula is C31H29FN4O. The summed E-state index contributed by atoms with van der Waals surface area (Å²) < 4.78 is 15.2. The molecule has 0 amide bonds. The van der Waals surface area contributed by atoms with Crippen molar-refractivity contribution < 1.29 is 9.18 Å². The molecule has 3 atom stereocenters. The third kappa shape index (κ3) is 3.55. The van der Waals surface area contributed by atoms with Crippen molar-refractivity contribution in [3.63, 3.8) is 0 Å². The molecule has 0 unspecified atom stereocenters. The van der Waals surface area contributed by atoms with Crippen LogP contribution in [0.5, 0.6) is 0 Å². The van der Waals surface area contributed by atoms with E-state index in [1.807, 2.05) is 38.1 Å². The summed E-state index contributed by atoms with van der Waals surface area (Å²) >= 11 is 0. The maximum atomic E-state index is 15.2. The van der Waals surface area contributed by atoms with Crippen LogP contribution in [0.15, 0.2) is 54.4 Å². The first-order valence-electron chi connectivity index (χ1n) is 13.1. The van der Waals surface area contributed by atoms with Gasteiger partial charge in [-0.1, -0.05) is 39.0 Å². The third-order valence-electron chi connectivity index (χ3n) is 8.90. The van der Waals surface area contributed by atoms with E-state index in [0.29, 0.717) is 35.8 Å². The summed E-state index contributed by atoms with van der Waals surface area (Å²) in [6.45, 7) is 13.9. The topological polar surface area (TPSA) is 60.1 Å². The highest BCUT2D eigenvalue weighted by Crippen LogP contribution is 2.56. The minimum Gasteiger partial charge on any atom is -0.307 e. The van der Waals surface area contributed by atoms with Crippen LogP contribution >= 0.6 is 0 Å². The quantitative estimate of drug-likeness (QED) is 0.374. The molecule has 1 saturated carbocycles. The number of fused-ring (bicyclic) bond motifs is 3. The number of hydrogen-bond donors (Lipinski definition) is 0. The molecule has 2 heterocycles. The van der Waals surface area contributed by atoms with Gasteiger partial charge in [0.2, 0.25) is 5.70 Å². The van der Waals surface area contributed by atoms with Crippen molar-refractivity contribution in [1.82, 2.24) is 15.0 Å². The van der Waals surface area contributed by atoms with Crippen molar-refractivity contribution in [2.24, 2.45) is 11.3 Å². The summed E-state index contributed by atoms with van der Waals surface area (Å²) in [6, 6.07) is 10.7. The van der Waals surface area contributed by atoms with Gasteiger partial charge in [0.1, 0.15) is 5.82 Å². The molecule has 186 valence electrons. The molecule has 5 nitrogen and oxygen atoms in total. The zero-order valence-electron chi connectivity index (χ0n) is 21.4. The van der Waals surface area contributed by atoms with Gasteiger partial charge in [0.05, 0.1) is 18.0 Å². The normalized spacial score (nSPS) is 26.6. The number of carbonyl (C=O) groups is 1. The van der Waals surface area contributed by atoms with Gasteiger partial charge in [0, 0.05) is 45.3 Å². The van der Waals surface area contributed by atoms with Crippen LogP contribution in [-0.4, -0.2) is 20.7 Å². The average molecular weight is 493 g/mol. The van der Waals surface area contributed by atoms with Gasteiger partial charge in [-0.15, -0.1) is 0 Å². The van der Waals surface area contributed by atoms with Crippen molar-refractivity contribution in [3.05, 3.63) is 88.6 Å². The minimum atomic E-state index is -0.667. The fourth-order valence-corrected chi connectivity index (χ4v) is 6.55. The van der Waals surface area contributed by atoms with Crippen molar-refractivity contribution in [2.45, 2.75) is 64.2 Å². The van der Waals surface area contributed by atoms with Crippen LogP contribution < -0.4 is 0 Å². The Balaban J connectivity index is 1.64. The molecule has 0 N–H and O–H groups in total. The van der Waals surface area contributed by atoms with Gasteiger partial charge in [0.25, 0.3) is 0 Å². The zero-order chi connectivity index (χ0) is 25.9. The Hall–Kier alpha value is -3.72. The summed E-state index contributed by atoms with van der Waals surface area (Å²) in [4.78, 5) is 31.7. The molecule has 2 aromatic heterocycles. The maximum absolute atomic E-state index is 15.2. The number of halogens is 1. The molecule has 0 aliphatic heterocycles. The first kappa shape index (κ1) is 23.7. The van der Waals surface area contributed by atoms with Gasteiger partial charge < -0.3 is 4.79 Å². The molecule has 3 aromatic rings. The van der Waals surface area contributed by atoms with E-state index >= 15 is 4.39 Å². The minimum absolute atomic E-state index is 0.0221. The lowest BCUT2D eigenvalue weighted by atomic mass is 9.51. The number of benzene rings is 1. The van der Waals surface area contributed by atoms with Crippen LogP contribution in [0.4, 0.5) is 4.39 Å². The number of Topliss-reactive ketones (excluding diaryl/α,β-unsaturated/α-hetero) is 1. The van der Waals surface area contributed by atoms with Gasteiger partial charge in [-0.3, -0.25) is 4.98 Å². The summed E-state index contributed by atoms with van der Waals surface area (Å²) in [5.41, 5.74) is 3.47. The molecule has 0 radical (unpaired) electrons. The Morgan fingerprint density at radius 3 is 2.62 bits per heavy atom. The van der Waals surface area contributed by atoms with E-state index in [2.05, 4.69) is 16.8 Å². The summed E-state index contributed by atoms with van der Waals surface area (Å²) in [5, 5.41) is 0. The lowest BCUT2D eigenvalue weighted by Crippen LogP contribution is -2.52. The molecule has 6 heteroatoms. The van der Waals surface area contributed by atoms with Crippen molar-refractivity contribution in [3.8, 4) is 22.6 Å². The third-order valence-corrected chi connectivity index (χ3v) is 8.90. The van der Waals surface area contributed by atoms with Gasteiger partial charge in [0.15, 0.2) is 11.6 Å². The van der Waals surface area contributed by atoms with Crippen LogP contribution in [-0.2, 0) is 16.6 Å². The first-order chi connectivity index (χ1) is 17.8. The highest BCUT2D eigenvalue weighted by atomic mass is 19.1. The number of aromatic nitrogens is 3. The number of rotatable bonds is 4. The van der Waals surface area contributed by atoms with Crippen molar-refractivity contribution in [2.75, 3.05) is 0 Å². The molecule has 3 aliphatic carbocycles. The van der Waals surface area contributed by atoms with Gasteiger partial charge in [-0.2, -0.15) is 0 Å². The predicted octanol–water partition coefficient (Wildman–Crippen LogP) is 6.84. The van der Waals surface area contributed by atoms with Crippen molar-refractivity contribution in [1.29, 1.82) is 0 Å². The molecule has 1 fully saturated rings. The SMILES string of the molecule is [C-]#[N+]C1=C[C@@]2(C)c3nc(-c4ccnc(C5CC5)c4)nc(-c4ccccc4F)c3CC[C@@H]2[C@@](C)(CC)C1=O. The Bertz CT molecular complexity index is 1520. The number of ketones is 1. The van der Waals surface area contributed by atoms with E-state index in [1.165, 1.54) is 6.07 Å². The van der Waals surface area contributed by atoms with Gasteiger partial charge >= 0.3 is 0 Å². The summed E-state index contributed by atoms with van der Waals surface area (Å²) in [6.07, 6.45) is 7.92. The summed E-state index contributed by atoms with van der Waals surface area (Å²) in [5.74, 6) is 0.568. The zero-order valence-corrected chi connectivity index (χ0v) is 21.4. The molecule has 3 aliphatic rings. The molecule has 0 spiro atoms. The smallest absolute Gasteiger partial charge is 0.226 e. The molecule has 1 aromatic carbocycles. The fraction of sp³-hybridized carbons (Fsp3) is 0.387. The maximum Gasteiger partial charge on any atom is 0.226 e. The number of hydrogen-bond acceptors (Lipinski definition) is 4. The average Bonchev–Trinajstić information content (AvgIpc) is 3.76. The van der Waals surface area contributed by atoms with Crippen LogP contribution in [0.1, 0.15) is 69.3 Å². The van der Waals surface area contributed by atoms with E-state index in [1.54, 1.807) is 18.3 Å². The second-order valence-electron chi connectivity index (χ2n) is 11.1. The Morgan fingerprint density at radius 2 is 1.92 bits per heavy atom. The second-order valence-corrected chi connectivity index (χ2v) is 11.1. The fourth-order valence-electron chi connectivity index (χ4n) is 6.55. The first-order valence-corrected chi connectivity index (χ1v) is 13.1. The molecule has 6 rings (SSSR count). The van der Waals surface area contributed by atoms with Crippen molar-refractivity contribution >= 4 is 5.78 Å². The molecule has 37 heavy (non-hydrogen) atoms. The van der Waals surface area contributed by atoms with Crippen LogP contribution in [0.25, 0.3) is 27.5 Å². The van der Waals surface area contributed by atoms with E-state index in [4.69, 9.17) is 16.5 Å². The van der Waals surface area contributed by atoms with Crippen LogP contribution in [0.2, 0.25) is 0 Å². The van der Waals surface area contributed by atoms with Crippen LogP contribution in [0, 0.1) is 23.7 Å². The molecular weight excluding hydrogens is 463 g/mol. The van der Waals surface area contributed by atoms with E-state index in [9.17, 15) is 4.79 Å². The number of pyridine rings is 1. The standard InChI is InChI=1S/C31H29FN4O/c1-5-30(2)25-13-12-21-26(20-8-6-7-9-22(20)32)35-29(19-14-15-34-23(16-19)18-10-11-18)36-27(21)31(25,3)17-24(33-4)28(30)37/h6-9,14-18,25H,5,10-13H2,1-3H3/t25-,30-,31-/m1/s1. The van der Waals surface area contributed by atoms with E-state index < -0.39 is 10.8 Å². The number of nitrogens with zero attached hydrogens (tertiary/aromatic N) is 4. The van der Waals surface area contributed by atoms with Gasteiger partial charge in [-0.25, -0.2) is 19.2 Å². The monoisotopic (exact) mass is 492 g/mol. The summed E-state index contributed by atoms with van der Waals surface area (Å²) in [7, 11) is 0. The number of allylic oxidation sites excluding steroid dienone is 2. The molecule has 0 saturated heterocycles. The Kier molecular flexibility index (Phi) is 5.38. The largest absolute Gasteiger partial charge is 0.307 e. The second kappa shape index (κ2) is 8.41. The predicted molar refractivity (Wildman–Crippen MR) is 140 cm³/mol. The van der Waals surface area contributed by atoms with Crippen LogP contribution in [0.3, 0.4) is 0 Å². The Labute approximate surface area is 216 Å². The van der Waals surface area contributed by atoms with E-state index in [0.717, 1.165) is 41.8 Å². The highest BCUT2D eigenvalue weighted by Gasteiger charge is 2.56. The lowest BCUT2D eigenvalue weighted by molar-refractivity contribution is -0.130. The Morgan fingerprint density at radius 1 is 1.14 bits per heavy atom. The molecule has 0 bridgehead atoms. The van der Waals surface area contributed by atoms with Gasteiger partial charge in [-0.05, 0) is 62.3 Å².